The molecule has 2 rings (SSSR count). The second-order valence-corrected chi connectivity index (χ2v) is 6.68. The molecule has 0 atom stereocenters. The molecule has 0 amide bonds. The van der Waals surface area contributed by atoms with Crippen LogP contribution in [0.3, 0.4) is 0 Å². The molecule has 0 fully saturated rings. The third-order valence-electron chi connectivity index (χ3n) is 4.55. The van der Waals surface area contributed by atoms with Crippen LogP contribution in [-0.4, -0.2) is 19.2 Å². The molecule has 2 N–H and O–H groups in total. The van der Waals surface area contributed by atoms with E-state index in [1.165, 1.54) is 0 Å². The zero-order valence-corrected chi connectivity index (χ0v) is 18.2. The number of halogens is 2. The summed E-state index contributed by atoms with van der Waals surface area (Å²) in [5.74, 6) is -0.365. The lowest BCUT2D eigenvalue weighted by Gasteiger charge is -2.18. The van der Waals surface area contributed by atoms with Gasteiger partial charge in [-0.05, 0) is 37.3 Å². The van der Waals surface area contributed by atoms with Crippen LogP contribution >= 0.6 is 24.0 Å². The summed E-state index contributed by atoms with van der Waals surface area (Å²) in [6.45, 7) is 7.72. The van der Waals surface area contributed by atoms with Gasteiger partial charge in [-0.2, -0.15) is 0 Å². The van der Waals surface area contributed by atoms with E-state index in [1.807, 2.05) is 27.7 Å². The second-order valence-electron chi connectivity index (χ2n) is 6.30. The Morgan fingerprint density at radius 3 is 2.39 bits per heavy atom. The first kappa shape index (κ1) is 24.1. The molecular weight excluding hydrogens is 405 g/mol. The van der Waals surface area contributed by atoms with Crippen molar-refractivity contribution in [1.82, 2.24) is 0 Å². The minimum absolute atomic E-state index is 0. The molecule has 1 heterocycles. The number of carbonyl (C=O) groups excluding carboxylic acids is 1. The minimum atomic E-state index is -0.504. The Bertz CT molecular complexity index is 908. The number of hydrogen-bond donors (Lipinski definition) is 1. The van der Waals surface area contributed by atoms with Crippen LogP contribution in [0, 0.1) is 6.92 Å². The van der Waals surface area contributed by atoms with Gasteiger partial charge in [0.1, 0.15) is 5.69 Å². The molecule has 0 unspecified atom stereocenters. The maximum Gasteiger partial charge on any atom is 0.344 e. The highest BCUT2D eigenvalue weighted by Crippen LogP contribution is 2.43. The molecule has 0 aliphatic rings. The van der Waals surface area contributed by atoms with Crippen molar-refractivity contribution in [2.75, 3.05) is 18.9 Å². The van der Waals surface area contributed by atoms with Crippen molar-refractivity contribution in [2.45, 2.75) is 53.4 Å². The fourth-order valence-electron chi connectivity index (χ4n) is 3.09. The van der Waals surface area contributed by atoms with E-state index in [9.17, 15) is 9.59 Å². The quantitative estimate of drug-likeness (QED) is 0.284. The zero-order chi connectivity index (χ0) is 20.1. The highest BCUT2D eigenvalue weighted by atomic mass is 35.5. The predicted octanol–water partition coefficient (Wildman–Crippen LogP) is 4.61. The van der Waals surface area contributed by atoms with E-state index in [0.717, 1.165) is 29.4 Å². The van der Waals surface area contributed by atoms with Crippen LogP contribution in [0.15, 0.2) is 9.21 Å². The van der Waals surface area contributed by atoms with E-state index < -0.39 is 11.6 Å². The molecule has 0 aliphatic heterocycles. The molecule has 0 spiro atoms. The van der Waals surface area contributed by atoms with Crippen LogP contribution in [-0.2, 0) is 22.4 Å². The maximum absolute atomic E-state index is 12.3. The van der Waals surface area contributed by atoms with Crippen molar-refractivity contribution in [3.63, 3.8) is 0 Å². The molecule has 28 heavy (non-hydrogen) atoms. The summed E-state index contributed by atoms with van der Waals surface area (Å²) in [5.41, 5.74) is 8.28. The van der Waals surface area contributed by atoms with Crippen LogP contribution < -0.4 is 16.1 Å². The largest absolute Gasteiger partial charge is 0.478 e. The number of nitrogens with two attached hydrogens (primary N) is 1. The highest BCUT2D eigenvalue weighted by molar-refractivity contribution is 6.35. The summed E-state index contributed by atoms with van der Waals surface area (Å²) in [6.07, 6.45) is 2.85. The van der Waals surface area contributed by atoms with Crippen molar-refractivity contribution < 1.29 is 18.7 Å². The van der Waals surface area contributed by atoms with E-state index in [-0.39, 0.29) is 36.0 Å². The molecule has 8 heteroatoms. The summed E-state index contributed by atoms with van der Waals surface area (Å²) in [7, 11) is 0. The Morgan fingerprint density at radius 1 is 1.18 bits per heavy atom. The van der Waals surface area contributed by atoms with Crippen LogP contribution in [0.25, 0.3) is 11.0 Å². The van der Waals surface area contributed by atoms with E-state index in [2.05, 4.69) is 0 Å². The first-order chi connectivity index (χ1) is 12.9. The molecule has 6 nitrogen and oxygen atoms in total. The van der Waals surface area contributed by atoms with Crippen molar-refractivity contribution in [1.29, 1.82) is 0 Å². The SMILES string of the molecule is CCCCOC(=O)COc1c(Cl)c(CC)c2c(C)c(CC)c(=O)oc2c1N.Cl. The summed E-state index contributed by atoms with van der Waals surface area (Å²) in [6, 6.07) is 0. The molecule has 0 saturated carbocycles. The number of carbonyl (C=O) groups is 1. The van der Waals surface area contributed by atoms with Crippen LogP contribution in [0.2, 0.25) is 5.02 Å². The lowest BCUT2D eigenvalue weighted by Crippen LogP contribution is -2.17. The Morgan fingerprint density at radius 2 is 1.82 bits per heavy atom. The Balaban J connectivity index is 0.00000392. The topological polar surface area (TPSA) is 91.8 Å². The number of aryl methyl sites for hydroxylation is 2. The molecule has 2 aromatic rings. The standard InChI is InChI=1S/C20H26ClNO5.ClH/c1-5-8-9-25-14(23)10-26-19-16(21)13(7-3)15-11(4)12(6-2)20(24)27-18(15)17(19)22;/h5-10,22H2,1-4H3;1H. The van der Waals surface area contributed by atoms with Crippen molar-refractivity contribution >= 4 is 46.6 Å². The zero-order valence-electron chi connectivity index (χ0n) is 16.6. The van der Waals surface area contributed by atoms with Gasteiger partial charge in [0.15, 0.2) is 17.9 Å². The van der Waals surface area contributed by atoms with Gasteiger partial charge >= 0.3 is 11.6 Å². The number of unbranched alkanes of at least 4 members (excludes halogenated alkanes) is 1. The monoisotopic (exact) mass is 431 g/mol. The van der Waals surface area contributed by atoms with E-state index >= 15 is 0 Å². The highest BCUT2D eigenvalue weighted by Gasteiger charge is 2.23. The number of nitrogen functional groups attached to an aromatic ring is 1. The van der Waals surface area contributed by atoms with Crippen molar-refractivity contribution in [2.24, 2.45) is 0 Å². The van der Waals surface area contributed by atoms with Gasteiger partial charge in [0.05, 0.1) is 11.6 Å². The van der Waals surface area contributed by atoms with Gasteiger partial charge in [-0.15, -0.1) is 12.4 Å². The van der Waals surface area contributed by atoms with Crippen molar-refractivity contribution in [3.8, 4) is 5.75 Å². The van der Waals surface area contributed by atoms with E-state index in [4.69, 9.17) is 31.2 Å². The molecule has 0 saturated heterocycles. The van der Waals surface area contributed by atoms with Crippen molar-refractivity contribution in [3.05, 3.63) is 32.1 Å². The molecule has 0 radical (unpaired) electrons. The number of benzene rings is 1. The molecule has 0 aliphatic carbocycles. The number of rotatable bonds is 8. The van der Waals surface area contributed by atoms with Gasteiger partial charge in [0.2, 0.25) is 0 Å². The Kier molecular flexibility index (Phi) is 9.11. The third kappa shape index (κ3) is 4.73. The van der Waals surface area contributed by atoms with E-state index in [0.29, 0.717) is 30.0 Å². The normalized spacial score (nSPS) is 10.6. The lowest BCUT2D eigenvalue weighted by atomic mass is 9.97. The predicted molar refractivity (Wildman–Crippen MR) is 114 cm³/mol. The fourth-order valence-corrected chi connectivity index (χ4v) is 3.47. The summed E-state index contributed by atoms with van der Waals surface area (Å²) >= 11 is 6.53. The number of anilines is 1. The van der Waals surface area contributed by atoms with Gasteiger partial charge in [-0.25, -0.2) is 9.59 Å². The van der Waals surface area contributed by atoms with Gasteiger partial charge in [-0.1, -0.05) is 38.8 Å². The molecule has 1 aromatic heterocycles. The molecule has 0 bridgehead atoms. The van der Waals surface area contributed by atoms with Gasteiger partial charge in [0.25, 0.3) is 0 Å². The fraction of sp³-hybridized carbons (Fsp3) is 0.500. The maximum atomic E-state index is 12.3. The minimum Gasteiger partial charge on any atom is -0.478 e. The van der Waals surface area contributed by atoms with Gasteiger partial charge in [0, 0.05) is 10.9 Å². The Hall–Kier alpha value is -1.92. The number of ether oxygens (including phenoxy) is 2. The molecule has 156 valence electrons. The summed E-state index contributed by atoms with van der Waals surface area (Å²) < 4.78 is 16.1. The number of hydrogen-bond acceptors (Lipinski definition) is 6. The second kappa shape index (κ2) is 10.6. The first-order valence-corrected chi connectivity index (χ1v) is 9.59. The van der Waals surface area contributed by atoms with Gasteiger partial charge in [-0.3, -0.25) is 0 Å². The Labute approximate surface area is 175 Å². The molecule has 1 aromatic carbocycles. The first-order valence-electron chi connectivity index (χ1n) is 9.21. The van der Waals surface area contributed by atoms with E-state index in [1.54, 1.807) is 0 Å². The van der Waals surface area contributed by atoms with Gasteiger partial charge < -0.3 is 19.6 Å². The summed E-state index contributed by atoms with van der Waals surface area (Å²) in [5, 5.41) is 1.05. The van der Waals surface area contributed by atoms with Crippen LogP contribution in [0.5, 0.6) is 5.75 Å². The molecular formula is C20H27Cl2NO5. The van der Waals surface area contributed by atoms with Crippen LogP contribution in [0.1, 0.15) is 50.3 Å². The lowest BCUT2D eigenvalue weighted by molar-refractivity contribution is -0.146. The number of esters is 1. The van der Waals surface area contributed by atoms with Crippen LogP contribution in [0.4, 0.5) is 5.69 Å². The number of fused-ring (bicyclic) bond motifs is 1. The third-order valence-corrected chi connectivity index (χ3v) is 4.95. The smallest absolute Gasteiger partial charge is 0.344 e. The average molecular weight is 432 g/mol. The summed E-state index contributed by atoms with van der Waals surface area (Å²) in [4.78, 5) is 24.1. The average Bonchev–Trinajstić information content (AvgIpc) is 2.63.